The number of aromatic nitrogens is 4. The van der Waals surface area contributed by atoms with E-state index in [4.69, 9.17) is 16.6 Å². The van der Waals surface area contributed by atoms with E-state index in [-0.39, 0.29) is 11.6 Å². The number of anilines is 1. The number of hydrogen-bond donors (Lipinski definition) is 2. The molecular formula is C26H25ClN6O. The summed E-state index contributed by atoms with van der Waals surface area (Å²) in [4.78, 5) is 13.7. The molecule has 1 aliphatic carbocycles. The Bertz CT molecular complexity index is 1390. The fraction of sp³-hybridized carbons (Fsp3) is 0.308. The minimum absolute atomic E-state index is 0.0646. The molecule has 2 N–H and O–H groups in total. The zero-order valence-corrected chi connectivity index (χ0v) is 19.7. The molecule has 0 spiro atoms. The van der Waals surface area contributed by atoms with Crippen molar-refractivity contribution in [2.75, 3.05) is 11.9 Å². The normalized spacial score (nSPS) is 13.6. The minimum Gasteiger partial charge on any atom is -0.507 e. The molecule has 0 unspecified atom stereocenters. The van der Waals surface area contributed by atoms with E-state index in [0.717, 1.165) is 30.0 Å². The molecule has 34 heavy (non-hydrogen) atoms. The van der Waals surface area contributed by atoms with Crippen LogP contribution in [0.15, 0.2) is 42.5 Å². The molecule has 0 radical (unpaired) electrons. The Kier molecular flexibility index (Phi) is 6.08. The van der Waals surface area contributed by atoms with Crippen molar-refractivity contribution in [2.45, 2.75) is 39.2 Å². The molecule has 2 aromatic heterocycles. The van der Waals surface area contributed by atoms with Crippen LogP contribution in [0, 0.1) is 24.2 Å². The van der Waals surface area contributed by atoms with E-state index in [1.165, 1.54) is 19.3 Å². The van der Waals surface area contributed by atoms with Crippen molar-refractivity contribution in [1.82, 2.24) is 19.5 Å². The van der Waals surface area contributed by atoms with Gasteiger partial charge in [-0.2, -0.15) is 15.2 Å². The number of fused-ring (bicyclic) bond motifs is 1. The summed E-state index contributed by atoms with van der Waals surface area (Å²) in [5.74, 6) is 2.10. The highest BCUT2D eigenvalue weighted by Crippen LogP contribution is 2.35. The first kappa shape index (κ1) is 22.2. The Morgan fingerprint density at radius 3 is 2.65 bits per heavy atom. The number of halogens is 1. The highest BCUT2D eigenvalue weighted by Gasteiger charge is 2.22. The van der Waals surface area contributed by atoms with Crippen molar-refractivity contribution < 1.29 is 5.11 Å². The lowest BCUT2D eigenvalue weighted by Crippen LogP contribution is -2.16. The second-order valence-electron chi connectivity index (χ2n) is 8.86. The van der Waals surface area contributed by atoms with Crippen LogP contribution in [0.25, 0.3) is 22.6 Å². The Morgan fingerprint density at radius 1 is 1.15 bits per heavy atom. The van der Waals surface area contributed by atoms with Gasteiger partial charge in [-0.25, -0.2) is 4.98 Å². The van der Waals surface area contributed by atoms with Crippen molar-refractivity contribution in [2.24, 2.45) is 5.92 Å². The smallest absolute Gasteiger partial charge is 0.236 e. The molecule has 4 aromatic rings. The predicted octanol–water partition coefficient (Wildman–Crippen LogP) is 5.68. The molecule has 2 aromatic carbocycles. The average molecular weight is 473 g/mol. The van der Waals surface area contributed by atoms with Gasteiger partial charge in [0.2, 0.25) is 5.82 Å². The van der Waals surface area contributed by atoms with E-state index in [1.807, 2.05) is 47.9 Å². The van der Waals surface area contributed by atoms with Crippen molar-refractivity contribution in [3.63, 3.8) is 0 Å². The summed E-state index contributed by atoms with van der Waals surface area (Å²) in [6, 6.07) is 15.1. The van der Waals surface area contributed by atoms with Crippen LogP contribution in [-0.2, 0) is 6.54 Å². The zero-order chi connectivity index (χ0) is 23.7. The number of benzene rings is 2. The fourth-order valence-corrected chi connectivity index (χ4v) is 4.47. The molecule has 172 valence electrons. The van der Waals surface area contributed by atoms with Crippen molar-refractivity contribution in [3.8, 4) is 23.2 Å². The molecule has 8 heteroatoms. The van der Waals surface area contributed by atoms with E-state index in [0.29, 0.717) is 39.9 Å². The number of imidazole rings is 1. The van der Waals surface area contributed by atoms with Gasteiger partial charge >= 0.3 is 0 Å². The summed E-state index contributed by atoms with van der Waals surface area (Å²) in [5, 5.41) is 24.3. The van der Waals surface area contributed by atoms with Gasteiger partial charge in [-0.15, -0.1) is 0 Å². The van der Waals surface area contributed by atoms with Crippen LogP contribution in [0.3, 0.4) is 0 Å². The Hall–Kier alpha value is -3.63. The molecule has 0 saturated heterocycles. The topological polar surface area (TPSA) is 99.7 Å². The third-order valence-corrected chi connectivity index (χ3v) is 6.67. The largest absolute Gasteiger partial charge is 0.507 e. The van der Waals surface area contributed by atoms with Gasteiger partial charge in [0.15, 0.2) is 11.5 Å². The highest BCUT2D eigenvalue weighted by molar-refractivity contribution is 6.30. The van der Waals surface area contributed by atoms with Crippen molar-refractivity contribution in [1.29, 1.82) is 5.26 Å². The summed E-state index contributed by atoms with van der Waals surface area (Å²) in [6.07, 6.45) is 4.91. The van der Waals surface area contributed by atoms with Gasteiger partial charge in [-0.05, 0) is 49.1 Å². The molecule has 2 heterocycles. The van der Waals surface area contributed by atoms with Crippen molar-refractivity contribution >= 4 is 28.6 Å². The minimum atomic E-state index is 0.0646. The predicted molar refractivity (Wildman–Crippen MR) is 133 cm³/mol. The van der Waals surface area contributed by atoms with Crippen LogP contribution in [0.2, 0.25) is 5.02 Å². The zero-order valence-electron chi connectivity index (χ0n) is 18.9. The molecule has 0 bridgehead atoms. The lowest BCUT2D eigenvalue weighted by Gasteiger charge is -2.25. The highest BCUT2D eigenvalue weighted by atomic mass is 35.5. The van der Waals surface area contributed by atoms with Gasteiger partial charge in [0.25, 0.3) is 0 Å². The van der Waals surface area contributed by atoms with Crippen LogP contribution in [0.4, 0.5) is 5.82 Å². The summed E-state index contributed by atoms with van der Waals surface area (Å²) in [7, 11) is 0. The Morgan fingerprint density at radius 2 is 1.94 bits per heavy atom. The van der Waals surface area contributed by atoms with E-state index < -0.39 is 0 Å². The Labute approximate surface area is 203 Å². The number of nitrogens with one attached hydrogen (secondary N) is 1. The van der Waals surface area contributed by atoms with Crippen LogP contribution >= 0.6 is 11.6 Å². The molecule has 0 atom stereocenters. The standard InChI is InChI=1S/C26H25ClN6O/c1-16-5-10-21(34)20(13-16)26-32-25-23(33(26)15-18-6-8-19(27)9-7-18)24(30-22(14-28)31-25)29-12-11-17-3-2-4-17/h5-10,13,17,34H,2-4,11-12,15H2,1H3,(H,29,30,31). The number of phenolic OH excluding ortho intramolecular Hbond substituents is 1. The molecule has 0 amide bonds. The number of nitriles is 1. The second kappa shape index (κ2) is 9.32. The maximum Gasteiger partial charge on any atom is 0.236 e. The van der Waals surface area contributed by atoms with Crippen LogP contribution in [0.5, 0.6) is 5.75 Å². The summed E-state index contributed by atoms with van der Waals surface area (Å²) < 4.78 is 2.00. The molecular weight excluding hydrogens is 448 g/mol. The number of rotatable bonds is 7. The first-order chi connectivity index (χ1) is 16.5. The van der Waals surface area contributed by atoms with Crippen LogP contribution < -0.4 is 5.32 Å². The maximum atomic E-state index is 10.7. The fourth-order valence-electron chi connectivity index (χ4n) is 4.35. The van der Waals surface area contributed by atoms with Gasteiger partial charge in [-0.1, -0.05) is 54.6 Å². The number of aromatic hydroxyl groups is 1. The monoisotopic (exact) mass is 472 g/mol. The lowest BCUT2D eigenvalue weighted by atomic mass is 9.83. The van der Waals surface area contributed by atoms with E-state index >= 15 is 0 Å². The summed E-state index contributed by atoms with van der Waals surface area (Å²) in [6.45, 7) is 3.21. The van der Waals surface area contributed by atoms with Crippen LogP contribution in [0.1, 0.15) is 42.6 Å². The van der Waals surface area contributed by atoms with Gasteiger partial charge < -0.3 is 15.0 Å². The molecule has 5 rings (SSSR count). The lowest BCUT2D eigenvalue weighted by molar-refractivity contribution is 0.303. The third kappa shape index (κ3) is 4.42. The molecule has 1 fully saturated rings. The van der Waals surface area contributed by atoms with Gasteiger partial charge in [0.05, 0.1) is 5.56 Å². The third-order valence-electron chi connectivity index (χ3n) is 6.42. The number of hydrogen-bond acceptors (Lipinski definition) is 6. The number of aryl methyl sites for hydroxylation is 1. The first-order valence-corrected chi connectivity index (χ1v) is 11.9. The molecule has 7 nitrogen and oxygen atoms in total. The van der Waals surface area contributed by atoms with Gasteiger partial charge in [0, 0.05) is 18.1 Å². The van der Waals surface area contributed by atoms with Crippen LogP contribution in [-0.4, -0.2) is 31.2 Å². The molecule has 1 aliphatic rings. The average Bonchev–Trinajstić information content (AvgIpc) is 3.16. The summed E-state index contributed by atoms with van der Waals surface area (Å²) in [5.41, 5.74) is 3.74. The number of phenols is 1. The second-order valence-corrected chi connectivity index (χ2v) is 9.30. The van der Waals surface area contributed by atoms with Crippen molar-refractivity contribution in [3.05, 3.63) is 64.4 Å². The molecule has 1 saturated carbocycles. The summed E-state index contributed by atoms with van der Waals surface area (Å²) >= 11 is 6.10. The van der Waals surface area contributed by atoms with Gasteiger partial charge in [-0.3, -0.25) is 0 Å². The van der Waals surface area contributed by atoms with E-state index in [1.54, 1.807) is 6.07 Å². The van der Waals surface area contributed by atoms with E-state index in [9.17, 15) is 10.4 Å². The Balaban J connectivity index is 1.66. The molecule has 0 aliphatic heterocycles. The quantitative estimate of drug-likeness (QED) is 0.358. The number of nitrogens with zero attached hydrogens (tertiary/aromatic N) is 5. The first-order valence-electron chi connectivity index (χ1n) is 11.5. The SMILES string of the molecule is Cc1ccc(O)c(-c2nc3nc(C#N)nc(NCCC4CCC4)c3n2Cc2ccc(Cl)cc2)c1. The van der Waals surface area contributed by atoms with E-state index in [2.05, 4.69) is 21.4 Å². The van der Waals surface area contributed by atoms with Gasteiger partial charge in [0.1, 0.15) is 23.2 Å². The maximum absolute atomic E-state index is 10.7.